The summed E-state index contributed by atoms with van der Waals surface area (Å²) in [5.41, 5.74) is 2.05. The van der Waals surface area contributed by atoms with Crippen molar-refractivity contribution in [3.05, 3.63) is 95.8 Å². The van der Waals surface area contributed by atoms with Crippen molar-refractivity contribution in [2.24, 2.45) is 0 Å². The normalized spacial score (nSPS) is 12.4. The Morgan fingerprint density at radius 3 is 2.42 bits per heavy atom. The SMILES string of the molecule is O=C(O)c1ccc(C=CC(c2ccc(F)cc2)n2ccnc2)cc1. The highest BCUT2D eigenvalue weighted by Crippen LogP contribution is 2.21. The lowest BCUT2D eigenvalue weighted by molar-refractivity contribution is 0.0697. The minimum Gasteiger partial charge on any atom is -0.478 e. The van der Waals surface area contributed by atoms with Crippen molar-refractivity contribution in [3.63, 3.8) is 0 Å². The molecule has 120 valence electrons. The van der Waals surface area contributed by atoms with Gasteiger partial charge in [-0.05, 0) is 35.4 Å². The summed E-state index contributed by atoms with van der Waals surface area (Å²) < 4.78 is 15.1. The summed E-state index contributed by atoms with van der Waals surface area (Å²) in [5, 5.41) is 8.93. The Morgan fingerprint density at radius 2 is 1.83 bits per heavy atom. The second-order valence-corrected chi connectivity index (χ2v) is 5.29. The largest absolute Gasteiger partial charge is 0.478 e. The van der Waals surface area contributed by atoms with Gasteiger partial charge in [-0.3, -0.25) is 0 Å². The van der Waals surface area contributed by atoms with Crippen molar-refractivity contribution >= 4 is 12.0 Å². The fraction of sp³-hybridized carbons (Fsp3) is 0.0526. The van der Waals surface area contributed by atoms with Crippen molar-refractivity contribution in [2.75, 3.05) is 0 Å². The lowest BCUT2D eigenvalue weighted by Gasteiger charge is -2.15. The molecule has 0 saturated heterocycles. The van der Waals surface area contributed by atoms with Crippen molar-refractivity contribution in [3.8, 4) is 0 Å². The molecule has 1 unspecified atom stereocenters. The van der Waals surface area contributed by atoms with Crippen molar-refractivity contribution in [1.29, 1.82) is 0 Å². The monoisotopic (exact) mass is 322 g/mol. The first kappa shape index (κ1) is 15.7. The molecule has 1 N–H and O–H groups in total. The number of aromatic carboxylic acids is 1. The van der Waals surface area contributed by atoms with Crippen LogP contribution >= 0.6 is 0 Å². The molecule has 0 spiro atoms. The number of imidazole rings is 1. The molecular weight excluding hydrogens is 307 g/mol. The van der Waals surface area contributed by atoms with Crippen molar-refractivity contribution in [1.82, 2.24) is 9.55 Å². The van der Waals surface area contributed by atoms with Gasteiger partial charge < -0.3 is 9.67 Å². The van der Waals surface area contributed by atoms with Crippen LogP contribution < -0.4 is 0 Å². The number of carbonyl (C=O) groups is 1. The van der Waals surface area contributed by atoms with Crippen LogP contribution in [0.3, 0.4) is 0 Å². The maximum absolute atomic E-state index is 13.2. The van der Waals surface area contributed by atoms with Crippen LogP contribution in [0.2, 0.25) is 0 Å². The number of halogens is 1. The number of nitrogens with zero attached hydrogens (tertiary/aromatic N) is 2. The van der Waals surface area contributed by atoms with Crippen LogP contribution in [-0.2, 0) is 0 Å². The third-order valence-electron chi connectivity index (χ3n) is 3.69. The average molecular weight is 322 g/mol. The van der Waals surface area contributed by atoms with Crippen LogP contribution in [0.4, 0.5) is 4.39 Å². The molecule has 1 aromatic heterocycles. The Hall–Kier alpha value is -3.21. The number of rotatable bonds is 5. The van der Waals surface area contributed by atoms with Gasteiger partial charge in [0.2, 0.25) is 0 Å². The van der Waals surface area contributed by atoms with Gasteiger partial charge in [0.1, 0.15) is 5.82 Å². The third kappa shape index (κ3) is 3.57. The maximum atomic E-state index is 13.2. The summed E-state index contributed by atoms with van der Waals surface area (Å²) in [7, 11) is 0. The zero-order valence-electron chi connectivity index (χ0n) is 12.7. The molecule has 5 heteroatoms. The number of hydrogen-bond donors (Lipinski definition) is 1. The number of allylic oxidation sites excluding steroid dienone is 1. The van der Waals surface area contributed by atoms with E-state index < -0.39 is 5.97 Å². The number of benzene rings is 2. The van der Waals surface area contributed by atoms with Crippen molar-refractivity contribution < 1.29 is 14.3 Å². The number of carboxylic acids is 1. The van der Waals surface area contributed by atoms with Crippen LogP contribution in [0.15, 0.2) is 73.3 Å². The van der Waals surface area contributed by atoms with Crippen LogP contribution in [0.25, 0.3) is 6.08 Å². The summed E-state index contributed by atoms with van der Waals surface area (Å²) in [6.45, 7) is 0. The predicted molar refractivity (Wildman–Crippen MR) is 89.2 cm³/mol. The van der Waals surface area contributed by atoms with E-state index in [9.17, 15) is 9.18 Å². The van der Waals surface area contributed by atoms with Gasteiger partial charge in [-0.2, -0.15) is 0 Å². The maximum Gasteiger partial charge on any atom is 0.335 e. The standard InChI is InChI=1S/C19H15FN2O2/c20-17-8-6-15(7-9-17)18(22-12-11-21-13-22)10-3-14-1-4-16(5-2-14)19(23)24/h1-13,18H,(H,23,24). The fourth-order valence-corrected chi connectivity index (χ4v) is 2.42. The molecule has 0 aliphatic rings. The molecule has 0 radical (unpaired) electrons. The highest BCUT2D eigenvalue weighted by molar-refractivity contribution is 5.87. The van der Waals surface area contributed by atoms with Crippen LogP contribution in [0.1, 0.15) is 27.5 Å². The highest BCUT2D eigenvalue weighted by Gasteiger charge is 2.10. The molecule has 24 heavy (non-hydrogen) atoms. The summed E-state index contributed by atoms with van der Waals surface area (Å²) in [4.78, 5) is 14.9. The first-order valence-corrected chi connectivity index (χ1v) is 7.38. The van der Waals surface area contributed by atoms with E-state index in [4.69, 9.17) is 5.11 Å². The minimum absolute atomic E-state index is 0.132. The lowest BCUT2D eigenvalue weighted by atomic mass is 10.0. The van der Waals surface area contributed by atoms with Crippen LogP contribution in [0.5, 0.6) is 0 Å². The van der Waals surface area contributed by atoms with Gasteiger partial charge in [0, 0.05) is 12.4 Å². The van der Waals surface area contributed by atoms with E-state index in [1.807, 2.05) is 22.9 Å². The molecule has 3 aromatic rings. The Bertz CT molecular complexity index is 838. The summed E-state index contributed by atoms with van der Waals surface area (Å²) in [5.74, 6) is -1.23. The van der Waals surface area contributed by atoms with Gasteiger partial charge >= 0.3 is 5.97 Å². The zero-order chi connectivity index (χ0) is 16.9. The second kappa shape index (κ2) is 6.91. The fourth-order valence-electron chi connectivity index (χ4n) is 2.42. The van der Waals surface area contributed by atoms with E-state index in [-0.39, 0.29) is 17.4 Å². The summed E-state index contributed by atoms with van der Waals surface area (Å²) >= 11 is 0. The molecule has 0 aliphatic carbocycles. The van der Waals surface area contributed by atoms with E-state index in [2.05, 4.69) is 4.98 Å². The minimum atomic E-state index is -0.951. The Morgan fingerprint density at radius 1 is 1.12 bits per heavy atom. The molecule has 1 atom stereocenters. The molecule has 0 aliphatic heterocycles. The van der Waals surface area contributed by atoms with Gasteiger partial charge in [0.25, 0.3) is 0 Å². The van der Waals surface area contributed by atoms with Crippen molar-refractivity contribution in [2.45, 2.75) is 6.04 Å². The topological polar surface area (TPSA) is 55.1 Å². The summed E-state index contributed by atoms with van der Waals surface area (Å²) in [6.07, 6.45) is 9.09. The van der Waals surface area contributed by atoms with Gasteiger partial charge in [0.05, 0.1) is 17.9 Å². The van der Waals surface area contributed by atoms with Crippen LogP contribution in [-0.4, -0.2) is 20.6 Å². The number of carboxylic acid groups (broad SMARTS) is 1. The molecule has 3 rings (SSSR count). The molecule has 0 amide bonds. The first-order valence-electron chi connectivity index (χ1n) is 7.38. The average Bonchev–Trinajstić information content (AvgIpc) is 3.11. The van der Waals surface area contributed by atoms with E-state index in [1.54, 1.807) is 48.9 Å². The van der Waals surface area contributed by atoms with Gasteiger partial charge in [-0.1, -0.05) is 36.4 Å². The molecule has 1 heterocycles. The van der Waals surface area contributed by atoms with Gasteiger partial charge in [0.15, 0.2) is 0 Å². The van der Waals surface area contributed by atoms with E-state index in [1.165, 1.54) is 12.1 Å². The third-order valence-corrected chi connectivity index (χ3v) is 3.69. The Balaban J connectivity index is 1.89. The molecular formula is C19H15FN2O2. The smallest absolute Gasteiger partial charge is 0.335 e. The molecule has 2 aromatic carbocycles. The first-order chi connectivity index (χ1) is 11.6. The molecule has 0 fully saturated rings. The number of hydrogen-bond acceptors (Lipinski definition) is 2. The summed E-state index contributed by atoms with van der Waals surface area (Å²) in [6, 6.07) is 12.8. The second-order valence-electron chi connectivity index (χ2n) is 5.29. The van der Waals surface area contributed by atoms with E-state index in [0.717, 1.165) is 11.1 Å². The van der Waals surface area contributed by atoms with Crippen LogP contribution in [0, 0.1) is 5.82 Å². The Labute approximate surface area is 138 Å². The molecule has 0 bridgehead atoms. The lowest BCUT2D eigenvalue weighted by Crippen LogP contribution is -2.06. The van der Waals surface area contributed by atoms with E-state index in [0.29, 0.717) is 0 Å². The molecule has 4 nitrogen and oxygen atoms in total. The van der Waals surface area contributed by atoms with Gasteiger partial charge in [-0.15, -0.1) is 0 Å². The quantitative estimate of drug-likeness (QED) is 0.772. The zero-order valence-corrected chi connectivity index (χ0v) is 12.7. The number of aromatic nitrogens is 2. The molecule has 0 saturated carbocycles. The van der Waals surface area contributed by atoms with E-state index >= 15 is 0 Å². The Kier molecular flexibility index (Phi) is 4.52. The highest BCUT2D eigenvalue weighted by atomic mass is 19.1. The predicted octanol–water partition coefficient (Wildman–Crippen LogP) is 4.02. The van der Waals surface area contributed by atoms with Gasteiger partial charge in [-0.25, -0.2) is 14.2 Å².